The third-order valence-electron chi connectivity index (χ3n) is 2.91. The van der Waals surface area contributed by atoms with Crippen LogP contribution in [0.4, 0.5) is 17.4 Å². The maximum absolute atomic E-state index is 12.0. The molecule has 0 bridgehead atoms. The predicted octanol–water partition coefficient (Wildman–Crippen LogP) is 2.14. The Bertz CT molecular complexity index is 777. The van der Waals surface area contributed by atoms with E-state index in [1.54, 1.807) is 5.38 Å². The molecule has 0 saturated heterocycles. The Morgan fingerprint density at radius 2 is 2.05 bits per heavy atom. The maximum Gasteiger partial charge on any atom is 0.234 e. The summed E-state index contributed by atoms with van der Waals surface area (Å²) in [6.45, 7) is 0. The summed E-state index contributed by atoms with van der Waals surface area (Å²) < 4.78 is 4.81. The number of nitrogens with one attached hydrogen (secondary N) is 1. The van der Waals surface area contributed by atoms with E-state index in [1.807, 2.05) is 30.3 Å². The fourth-order valence-electron chi connectivity index (χ4n) is 1.92. The summed E-state index contributed by atoms with van der Waals surface area (Å²) in [5.41, 5.74) is 13.2. The van der Waals surface area contributed by atoms with Crippen LogP contribution in [-0.4, -0.2) is 16.0 Å². The third-order valence-corrected chi connectivity index (χ3v) is 3.82. The number of carbonyl (C=O) groups excluding carboxylic acids is 1. The summed E-state index contributed by atoms with van der Waals surface area (Å²) in [4.78, 5) is 16.3. The lowest BCUT2D eigenvalue weighted by atomic mass is 10.2. The minimum Gasteiger partial charge on any atom is -0.380 e. The van der Waals surface area contributed by atoms with Crippen molar-refractivity contribution in [2.24, 2.45) is 0 Å². The summed E-state index contributed by atoms with van der Waals surface area (Å²) in [6, 6.07) is 9.24. The number of nitrogens with two attached hydrogens (primary N) is 2. The SMILES string of the molecule is Nc1noc(N)c1-c1nc(CC(=O)Nc2ccccc2)cs1. The van der Waals surface area contributed by atoms with Gasteiger partial charge in [0.1, 0.15) is 10.6 Å². The molecule has 0 aliphatic heterocycles. The van der Waals surface area contributed by atoms with Gasteiger partial charge in [-0.05, 0) is 12.1 Å². The van der Waals surface area contributed by atoms with Crippen molar-refractivity contribution in [2.45, 2.75) is 6.42 Å². The second kappa shape index (κ2) is 5.86. The highest BCUT2D eigenvalue weighted by atomic mass is 32.1. The van der Waals surface area contributed by atoms with Crippen molar-refractivity contribution < 1.29 is 9.32 Å². The number of para-hydroxylation sites is 1. The highest BCUT2D eigenvalue weighted by Gasteiger charge is 2.17. The molecule has 0 aliphatic rings. The number of thiazole rings is 1. The average Bonchev–Trinajstić information content (AvgIpc) is 3.06. The zero-order valence-electron chi connectivity index (χ0n) is 11.4. The fraction of sp³-hybridized carbons (Fsp3) is 0.0714. The highest BCUT2D eigenvalue weighted by Crippen LogP contribution is 2.33. The van der Waals surface area contributed by atoms with Gasteiger partial charge in [-0.1, -0.05) is 23.4 Å². The lowest BCUT2D eigenvalue weighted by Crippen LogP contribution is -2.14. The van der Waals surface area contributed by atoms with E-state index in [0.29, 0.717) is 16.3 Å². The van der Waals surface area contributed by atoms with Gasteiger partial charge < -0.3 is 21.3 Å². The van der Waals surface area contributed by atoms with Crippen LogP contribution in [0.2, 0.25) is 0 Å². The second-order valence-corrected chi connectivity index (χ2v) is 5.40. The van der Waals surface area contributed by atoms with Crippen molar-refractivity contribution in [3.8, 4) is 10.6 Å². The number of rotatable bonds is 4. The molecule has 0 aliphatic carbocycles. The zero-order valence-corrected chi connectivity index (χ0v) is 12.3. The van der Waals surface area contributed by atoms with Crippen LogP contribution < -0.4 is 16.8 Å². The van der Waals surface area contributed by atoms with Crippen molar-refractivity contribution in [1.29, 1.82) is 0 Å². The van der Waals surface area contributed by atoms with E-state index in [2.05, 4.69) is 15.5 Å². The molecule has 2 heterocycles. The number of aromatic nitrogens is 2. The first-order valence-electron chi connectivity index (χ1n) is 6.44. The van der Waals surface area contributed by atoms with Gasteiger partial charge in [0, 0.05) is 11.1 Å². The van der Waals surface area contributed by atoms with Crippen LogP contribution in [0, 0.1) is 0 Å². The molecular formula is C14H13N5O2S. The lowest BCUT2D eigenvalue weighted by Gasteiger charge is -2.02. The Labute approximate surface area is 129 Å². The molecule has 8 heteroatoms. The molecular weight excluding hydrogens is 302 g/mol. The Morgan fingerprint density at radius 1 is 1.27 bits per heavy atom. The van der Waals surface area contributed by atoms with E-state index < -0.39 is 0 Å². The molecule has 22 heavy (non-hydrogen) atoms. The molecule has 3 aromatic rings. The van der Waals surface area contributed by atoms with Gasteiger partial charge in [0.05, 0.1) is 12.1 Å². The summed E-state index contributed by atoms with van der Waals surface area (Å²) in [7, 11) is 0. The average molecular weight is 315 g/mol. The van der Waals surface area contributed by atoms with Crippen LogP contribution in [-0.2, 0) is 11.2 Å². The molecule has 0 radical (unpaired) electrons. The molecule has 0 fully saturated rings. The van der Waals surface area contributed by atoms with Gasteiger partial charge >= 0.3 is 0 Å². The van der Waals surface area contributed by atoms with Crippen molar-refractivity contribution in [1.82, 2.24) is 10.1 Å². The number of nitrogen functional groups attached to an aromatic ring is 2. The standard InChI is InChI=1S/C14H13N5O2S/c15-12-11(13(16)21-19-12)14-18-9(7-22-14)6-10(20)17-8-4-2-1-3-5-8/h1-5,7H,6,16H2,(H2,15,19)(H,17,20). The van der Waals surface area contributed by atoms with Gasteiger partial charge in [-0.3, -0.25) is 4.79 Å². The molecule has 0 atom stereocenters. The molecule has 5 N–H and O–H groups in total. The van der Waals surface area contributed by atoms with E-state index in [0.717, 1.165) is 5.69 Å². The number of benzene rings is 1. The van der Waals surface area contributed by atoms with Crippen molar-refractivity contribution in [3.05, 3.63) is 41.4 Å². The van der Waals surface area contributed by atoms with Crippen LogP contribution in [0.3, 0.4) is 0 Å². The maximum atomic E-state index is 12.0. The Hall–Kier alpha value is -2.87. The van der Waals surface area contributed by atoms with E-state index in [1.165, 1.54) is 11.3 Å². The molecule has 112 valence electrons. The van der Waals surface area contributed by atoms with Gasteiger partial charge in [-0.15, -0.1) is 11.3 Å². The smallest absolute Gasteiger partial charge is 0.234 e. The molecule has 3 rings (SSSR count). The van der Waals surface area contributed by atoms with Crippen LogP contribution in [0.1, 0.15) is 5.69 Å². The number of carbonyl (C=O) groups is 1. The first-order chi connectivity index (χ1) is 10.6. The molecule has 0 spiro atoms. The number of hydrogen-bond donors (Lipinski definition) is 3. The van der Waals surface area contributed by atoms with Crippen molar-refractivity contribution >= 4 is 34.6 Å². The molecule has 7 nitrogen and oxygen atoms in total. The fourth-order valence-corrected chi connectivity index (χ4v) is 2.80. The summed E-state index contributed by atoms with van der Waals surface area (Å²) in [5.74, 6) is 0.161. The minimum absolute atomic E-state index is 0.118. The topological polar surface area (TPSA) is 120 Å². The number of hydrogen-bond acceptors (Lipinski definition) is 7. The first kappa shape index (κ1) is 14.1. The van der Waals surface area contributed by atoms with E-state index in [-0.39, 0.29) is 24.0 Å². The van der Waals surface area contributed by atoms with Gasteiger partial charge in [-0.2, -0.15) is 0 Å². The van der Waals surface area contributed by atoms with E-state index in [4.69, 9.17) is 16.0 Å². The molecule has 0 unspecified atom stereocenters. The molecule has 0 saturated carbocycles. The Morgan fingerprint density at radius 3 is 2.73 bits per heavy atom. The second-order valence-electron chi connectivity index (χ2n) is 4.54. The zero-order chi connectivity index (χ0) is 15.5. The summed E-state index contributed by atoms with van der Waals surface area (Å²) >= 11 is 1.33. The summed E-state index contributed by atoms with van der Waals surface area (Å²) in [6.07, 6.45) is 0.163. The minimum atomic E-state index is -0.144. The van der Waals surface area contributed by atoms with E-state index >= 15 is 0 Å². The summed E-state index contributed by atoms with van der Waals surface area (Å²) in [5, 5.41) is 8.75. The van der Waals surface area contributed by atoms with Crippen LogP contribution in [0.5, 0.6) is 0 Å². The van der Waals surface area contributed by atoms with Crippen LogP contribution in [0.15, 0.2) is 40.2 Å². The number of anilines is 3. The molecule has 1 amide bonds. The Balaban J connectivity index is 1.71. The number of nitrogens with zero attached hydrogens (tertiary/aromatic N) is 2. The monoisotopic (exact) mass is 315 g/mol. The molecule has 2 aromatic heterocycles. The highest BCUT2D eigenvalue weighted by molar-refractivity contribution is 7.13. The van der Waals surface area contributed by atoms with Crippen molar-refractivity contribution in [3.63, 3.8) is 0 Å². The van der Waals surface area contributed by atoms with Crippen molar-refractivity contribution in [2.75, 3.05) is 16.8 Å². The van der Waals surface area contributed by atoms with Gasteiger partial charge in [0.25, 0.3) is 0 Å². The first-order valence-corrected chi connectivity index (χ1v) is 7.31. The van der Waals surface area contributed by atoms with Gasteiger partial charge in [0.15, 0.2) is 5.82 Å². The van der Waals surface area contributed by atoms with E-state index in [9.17, 15) is 4.79 Å². The van der Waals surface area contributed by atoms with Crippen LogP contribution in [0.25, 0.3) is 10.6 Å². The predicted molar refractivity (Wildman–Crippen MR) is 85.2 cm³/mol. The molecule has 1 aromatic carbocycles. The third kappa shape index (κ3) is 2.91. The van der Waals surface area contributed by atoms with Gasteiger partial charge in [0.2, 0.25) is 11.8 Å². The largest absolute Gasteiger partial charge is 0.380 e. The number of amides is 1. The van der Waals surface area contributed by atoms with Crippen LogP contribution >= 0.6 is 11.3 Å². The quantitative estimate of drug-likeness (QED) is 0.678. The normalized spacial score (nSPS) is 10.5. The Kier molecular flexibility index (Phi) is 3.75. The lowest BCUT2D eigenvalue weighted by molar-refractivity contribution is -0.115. The van der Waals surface area contributed by atoms with Gasteiger partial charge in [-0.25, -0.2) is 4.98 Å².